The number of benzene rings is 4. The molecule has 36 heavy (non-hydrogen) atoms. The molecule has 0 radical (unpaired) electrons. The number of aromatic hydroxyl groups is 2. The van der Waals surface area contributed by atoms with Crippen molar-refractivity contribution in [2.45, 2.75) is 22.9 Å². The van der Waals surface area contributed by atoms with Gasteiger partial charge in [0.15, 0.2) is 0 Å². The summed E-state index contributed by atoms with van der Waals surface area (Å²) in [5.74, 6) is -0.243. The second-order valence-corrected chi connectivity index (χ2v) is 9.99. The van der Waals surface area contributed by atoms with Crippen molar-refractivity contribution in [3.63, 3.8) is 0 Å². The molecule has 4 aromatic carbocycles. The number of carbonyl (C=O) groups is 2. The first-order valence-electron chi connectivity index (χ1n) is 11.2. The van der Waals surface area contributed by atoms with Gasteiger partial charge >= 0.3 is 0 Å². The van der Waals surface area contributed by atoms with Crippen molar-refractivity contribution in [1.29, 1.82) is 0 Å². The van der Waals surface area contributed by atoms with Gasteiger partial charge in [-0.3, -0.25) is 9.59 Å². The van der Waals surface area contributed by atoms with Gasteiger partial charge in [0.1, 0.15) is 11.5 Å². The van der Waals surface area contributed by atoms with E-state index in [0.717, 1.165) is 9.79 Å². The fraction of sp³-hybridized carbons (Fsp3) is 0.0714. The summed E-state index contributed by atoms with van der Waals surface area (Å²) in [5.41, 5.74) is 2.28. The summed E-state index contributed by atoms with van der Waals surface area (Å²) < 4.78 is 0. The molecular formula is C28H24N2O4S2. The number of nitrogens with one attached hydrogen (secondary N) is 2. The molecule has 0 aromatic heterocycles. The molecule has 0 aliphatic carbocycles. The Kier molecular flexibility index (Phi) is 8.54. The maximum atomic E-state index is 12.9. The van der Waals surface area contributed by atoms with E-state index in [1.54, 1.807) is 72.8 Å². The van der Waals surface area contributed by atoms with Crippen molar-refractivity contribution in [2.24, 2.45) is 0 Å². The van der Waals surface area contributed by atoms with Crippen LogP contribution in [0, 0.1) is 0 Å². The molecule has 2 amide bonds. The van der Waals surface area contributed by atoms with Gasteiger partial charge in [-0.05, 0) is 36.4 Å². The molecule has 0 atom stereocenters. The van der Waals surface area contributed by atoms with E-state index in [4.69, 9.17) is 0 Å². The molecular weight excluding hydrogens is 492 g/mol. The van der Waals surface area contributed by atoms with Gasteiger partial charge in [-0.15, -0.1) is 0 Å². The monoisotopic (exact) mass is 516 g/mol. The summed E-state index contributed by atoms with van der Waals surface area (Å²) in [6.07, 6.45) is 0. The van der Waals surface area contributed by atoms with E-state index in [-0.39, 0.29) is 36.4 Å². The van der Waals surface area contributed by atoms with E-state index in [0.29, 0.717) is 22.3 Å². The molecule has 6 nitrogen and oxygen atoms in total. The average molecular weight is 517 g/mol. The van der Waals surface area contributed by atoms with Crippen molar-refractivity contribution in [1.82, 2.24) is 10.6 Å². The van der Waals surface area contributed by atoms with Crippen LogP contribution in [0.4, 0.5) is 0 Å². The lowest BCUT2D eigenvalue weighted by Crippen LogP contribution is -2.23. The Morgan fingerprint density at radius 1 is 0.556 bits per heavy atom. The number of carbonyl (C=O) groups excluding carboxylic acids is 2. The predicted molar refractivity (Wildman–Crippen MR) is 143 cm³/mol. The molecule has 8 heteroatoms. The summed E-state index contributed by atoms with van der Waals surface area (Å²) in [5, 5.41) is 25.6. The maximum absolute atomic E-state index is 12.9. The zero-order valence-corrected chi connectivity index (χ0v) is 20.8. The molecule has 4 N–H and O–H groups in total. The number of rotatable bonds is 9. The van der Waals surface area contributed by atoms with Crippen LogP contribution in [0.3, 0.4) is 0 Å². The number of phenols is 2. The minimum Gasteiger partial charge on any atom is -0.508 e. The minimum absolute atomic E-state index is 0.133. The van der Waals surface area contributed by atoms with Crippen molar-refractivity contribution in [3.8, 4) is 11.5 Å². The van der Waals surface area contributed by atoms with Crippen molar-refractivity contribution in [3.05, 3.63) is 119 Å². The third kappa shape index (κ3) is 6.41. The second kappa shape index (κ2) is 12.2. The summed E-state index contributed by atoms with van der Waals surface area (Å²) in [4.78, 5) is 27.3. The molecule has 0 heterocycles. The molecule has 4 rings (SSSR count). The lowest BCUT2D eigenvalue weighted by Gasteiger charge is -2.12. The molecule has 0 saturated carbocycles. The van der Waals surface area contributed by atoms with Crippen LogP contribution in [-0.2, 0) is 13.1 Å². The molecule has 0 aliphatic rings. The highest BCUT2D eigenvalue weighted by Gasteiger charge is 2.16. The van der Waals surface area contributed by atoms with Crippen molar-refractivity contribution in [2.75, 3.05) is 0 Å². The molecule has 0 saturated heterocycles. The van der Waals surface area contributed by atoms with Gasteiger partial charge in [0, 0.05) is 34.0 Å². The van der Waals surface area contributed by atoms with E-state index < -0.39 is 0 Å². The molecule has 0 fully saturated rings. The molecule has 0 spiro atoms. The number of hydrogen-bond donors (Lipinski definition) is 4. The molecule has 182 valence electrons. The van der Waals surface area contributed by atoms with Crippen molar-refractivity contribution >= 4 is 33.4 Å². The largest absolute Gasteiger partial charge is 0.508 e. The van der Waals surface area contributed by atoms with Gasteiger partial charge in [-0.25, -0.2) is 0 Å². The standard InChI is InChI=1S/C28H24N2O4S2/c31-23-13-5-1-9-19(23)17-29-27(33)21-11-3-7-15-25(21)35-36-26-16-8-4-12-22(26)28(34)30-18-20-10-2-6-14-24(20)32/h1-16,31-32H,17-18H2,(H,29,33)(H,30,34). The quantitative estimate of drug-likeness (QED) is 0.211. The lowest BCUT2D eigenvalue weighted by molar-refractivity contribution is 0.0939. The lowest BCUT2D eigenvalue weighted by atomic mass is 10.2. The minimum atomic E-state index is -0.254. The first-order chi connectivity index (χ1) is 17.5. The van der Waals surface area contributed by atoms with E-state index in [9.17, 15) is 19.8 Å². The Morgan fingerprint density at radius 2 is 0.917 bits per heavy atom. The van der Waals surface area contributed by atoms with Crippen LogP contribution in [0.2, 0.25) is 0 Å². The van der Waals surface area contributed by atoms with E-state index in [2.05, 4.69) is 10.6 Å². The van der Waals surface area contributed by atoms with Crippen LogP contribution in [0.5, 0.6) is 11.5 Å². The van der Waals surface area contributed by atoms with Crippen molar-refractivity contribution < 1.29 is 19.8 Å². The first-order valence-corrected chi connectivity index (χ1v) is 13.3. The topological polar surface area (TPSA) is 98.7 Å². The number of para-hydroxylation sites is 2. The Labute approximate surface area is 217 Å². The maximum Gasteiger partial charge on any atom is 0.252 e. The fourth-order valence-electron chi connectivity index (χ4n) is 3.41. The molecule has 4 aromatic rings. The molecule has 0 bridgehead atoms. The molecule has 0 unspecified atom stereocenters. The van der Waals surface area contributed by atoms with Gasteiger partial charge in [0.2, 0.25) is 0 Å². The van der Waals surface area contributed by atoms with Crippen LogP contribution in [-0.4, -0.2) is 22.0 Å². The van der Waals surface area contributed by atoms with Crippen LogP contribution >= 0.6 is 21.6 Å². The van der Waals surface area contributed by atoms with Gasteiger partial charge in [0.25, 0.3) is 11.8 Å². The zero-order valence-electron chi connectivity index (χ0n) is 19.2. The summed E-state index contributed by atoms with van der Waals surface area (Å²) in [6, 6.07) is 28.2. The fourth-order valence-corrected chi connectivity index (χ4v) is 5.77. The van der Waals surface area contributed by atoms with Gasteiger partial charge in [-0.2, -0.15) is 0 Å². The Hall–Kier alpha value is -3.88. The van der Waals surface area contributed by atoms with Crippen LogP contribution in [0.15, 0.2) is 107 Å². The predicted octanol–water partition coefficient (Wildman–Crippen LogP) is 5.76. The van der Waals surface area contributed by atoms with Gasteiger partial charge in [0.05, 0.1) is 11.1 Å². The summed E-state index contributed by atoms with van der Waals surface area (Å²) >= 11 is 0. The van der Waals surface area contributed by atoms with E-state index in [1.807, 2.05) is 24.3 Å². The van der Waals surface area contributed by atoms with Crippen LogP contribution in [0.25, 0.3) is 0 Å². The zero-order chi connectivity index (χ0) is 25.3. The Morgan fingerprint density at radius 3 is 1.33 bits per heavy atom. The third-order valence-corrected chi connectivity index (χ3v) is 7.83. The summed E-state index contributed by atoms with van der Waals surface area (Å²) in [7, 11) is 2.78. The van der Waals surface area contributed by atoms with Crippen LogP contribution in [0.1, 0.15) is 31.8 Å². The Bertz CT molecular complexity index is 1270. The Balaban J connectivity index is 1.42. The smallest absolute Gasteiger partial charge is 0.252 e. The van der Waals surface area contributed by atoms with E-state index >= 15 is 0 Å². The first kappa shape index (κ1) is 25.2. The van der Waals surface area contributed by atoms with E-state index in [1.165, 1.54) is 21.6 Å². The highest BCUT2D eigenvalue weighted by Crippen LogP contribution is 2.40. The number of amides is 2. The number of hydrogen-bond acceptors (Lipinski definition) is 6. The average Bonchev–Trinajstić information content (AvgIpc) is 2.91. The third-order valence-electron chi connectivity index (χ3n) is 5.35. The number of phenolic OH excluding ortho intramolecular Hbond substituents is 2. The van der Waals surface area contributed by atoms with Gasteiger partial charge < -0.3 is 20.8 Å². The SMILES string of the molecule is O=C(NCc1ccccc1O)c1ccccc1SSc1ccccc1C(=O)NCc1ccccc1O. The normalized spacial score (nSPS) is 10.6. The van der Waals surface area contributed by atoms with Crippen LogP contribution < -0.4 is 10.6 Å². The van der Waals surface area contributed by atoms with Gasteiger partial charge in [-0.1, -0.05) is 82.3 Å². The highest BCUT2D eigenvalue weighted by atomic mass is 33.1. The second-order valence-electron chi connectivity index (χ2n) is 7.78. The summed E-state index contributed by atoms with van der Waals surface area (Å²) in [6.45, 7) is 0.412. The molecule has 0 aliphatic heterocycles. The highest BCUT2D eigenvalue weighted by molar-refractivity contribution is 8.76.